The predicted octanol–water partition coefficient (Wildman–Crippen LogP) is 7.39. The van der Waals surface area contributed by atoms with E-state index in [1.165, 1.54) is 83.5 Å². The van der Waals surface area contributed by atoms with Gasteiger partial charge in [0.15, 0.2) is 6.29 Å². The van der Waals surface area contributed by atoms with Crippen LogP contribution in [0.15, 0.2) is 48.6 Å². The number of unbranched alkanes of at least 4 members (excludes halogenated alkanes) is 17. The largest absolute Gasteiger partial charge is 0.394 e. The van der Waals surface area contributed by atoms with Crippen LogP contribution in [0.2, 0.25) is 0 Å². The molecule has 8 N–H and O–H groups in total. The fourth-order valence-corrected chi connectivity index (χ4v) is 6.94. The average Bonchev–Trinajstić information content (AvgIpc) is 3.22. The topological polar surface area (TPSA) is 189 Å². The lowest BCUT2D eigenvalue weighted by Gasteiger charge is -2.40. The second-order valence-corrected chi connectivity index (χ2v) is 16.1. The number of rotatable bonds is 37. The summed E-state index contributed by atoms with van der Waals surface area (Å²) in [5.41, 5.74) is 0. The van der Waals surface area contributed by atoms with Crippen LogP contribution in [0, 0.1) is 0 Å². The highest BCUT2D eigenvalue weighted by Gasteiger charge is 2.44. The molecule has 1 fully saturated rings. The van der Waals surface area contributed by atoms with E-state index in [-0.39, 0.29) is 12.8 Å². The molecule has 1 amide bonds. The number of hydrogen-bond donors (Lipinski definition) is 8. The zero-order valence-corrected chi connectivity index (χ0v) is 36.3. The zero-order chi connectivity index (χ0) is 42.6. The lowest BCUT2D eigenvalue weighted by atomic mass is 9.98. The van der Waals surface area contributed by atoms with Gasteiger partial charge in [-0.25, -0.2) is 0 Å². The fourth-order valence-electron chi connectivity index (χ4n) is 6.94. The predicted molar refractivity (Wildman–Crippen MR) is 233 cm³/mol. The highest BCUT2D eigenvalue weighted by molar-refractivity contribution is 5.80. The van der Waals surface area contributed by atoms with E-state index in [0.29, 0.717) is 19.3 Å². The molecule has 0 bridgehead atoms. The molecule has 0 aromatic carbocycles. The van der Waals surface area contributed by atoms with E-state index in [1.807, 2.05) is 0 Å². The van der Waals surface area contributed by atoms with Gasteiger partial charge in [0, 0.05) is 0 Å². The van der Waals surface area contributed by atoms with Crippen LogP contribution in [0.5, 0.6) is 0 Å². The number of amides is 1. The lowest BCUT2D eigenvalue weighted by Crippen LogP contribution is -2.60. The maximum absolute atomic E-state index is 13.0. The Morgan fingerprint density at radius 1 is 0.586 bits per heavy atom. The number of ether oxygens (including phenoxy) is 2. The van der Waals surface area contributed by atoms with Gasteiger partial charge in [-0.05, 0) is 89.9 Å². The van der Waals surface area contributed by atoms with Crippen LogP contribution in [0.1, 0.15) is 174 Å². The first-order valence-corrected chi connectivity index (χ1v) is 23.0. The summed E-state index contributed by atoms with van der Waals surface area (Å²) in [5, 5.41) is 75.5. The van der Waals surface area contributed by atoms with Gasteiger partial charge < -0.3 is 50.5 Å². The molecule has 0 aliphatic carbocycles. The third-order valence-corrected chi connectivity index (χ3v) is 10.8. The average molecular weight is 824 g/mol. The van der Waals surface area contributed by atoms with Crippen molar-refractivity contribution in [2.45, 2.75) is 229 Å². The van der Waals surface area contributed by atoms with E-state index in [2.05, 4.69) is 67.8 Å². The Labute approximate surface area is 351 Å². The van der Waals surface area contributed by atoms with Crippen molar-refractivity contribution in [2.75, 3.05) is 13.2 Å². The molecular formula is C47H85NO10. The van der Waals surface area contributed by atoms with Crippen LogP contribution in [-0.4, -0.2) is 110 Å². The molecule has 1 saturated heterocycles. The molecule has 1 aliphatic rings. The molecule has 0 saturated carbocycles. The van der Waals surface area contributed by atoms with E-state index in [4.69, 9.17) is 9.47 Å². The first kappa shape index (κ1) is 54.1. The lowest BCUT2D eigenvalue weighted by molar-refractivity contribution is -0.303. The SMILES string of the molecule is CCCCCCCC/C=C\CCCCC(O)C(=O)NC(COC1OC(CO)C(O)C(O)C1O)C(O)C(O)CCC/C=C/CC/C=C/CC/C=C/CCCCCCCC. The minimum atomic E-state index is -1.68. The second kappa shape index (κ2) is 36.9. The quantitative estimate of drug-likeness (QED) is 0.0232. The molecule has 11 heteroatoms. The number of carbonyl (C=O) groups excluding carboxylic acids is 1. The Kier molecular flexibility index (Phi) is 34.4. The normalized spacial score (nSPS) is 22.4. The number of hydrogen-bond acceptors (Lipinski definition) is 10. The Morgan fingerprint density at radius 3 is 1.53 bits per heavy atom. The Bertz CT molecular complexity index is 1080. The van der Waals surface area contributed by atoms with Crippen LogP contribution in [0.4, 0.5) is 0 Å². The first-order chi connectivity index (χ1) is 28.2. The van der Waals surface area contributed by atoms with Gasteiger partial charge in [0.1, 0.15) is 36.6 Å². The van der Waals surface area contributed by atoms with E-state index < -0.39 is 74.2 Å². The van der Waals surface area contributed by atoms with Gasteiger partial charge in [0.25, 0.3) is 0 Å². The van der Waals surface area contributed by atoms with E-state index >= 15 is 0 Å². The van der Waals surface area contributed by atoms with Gasteiger partial charge in [-0.3, -0.25) is 4.79 Å². The fraction of sp³-hybridized carbons (Fsp3) is 0.809. The van der Waals surface area contributed by atoms with Crippen molar-refractivity contribution in [1.29, 1.82) is 0 Å². The molecule has 9 atom stereocenters. The summed E-state index contributed by atoms with van der Waals surface area (Å²) in [4.78, 5) is 13.0. The van der Waals surface area contributed by atoms with E-state index in [1.54, 1.807) is 0 Å². The van der Waals surface area contributed by atoms with Gasteiger partial charge in [-0.15, -0.1) is 0 Å². The van der Waals surface area contributed by atoms with Crippen LogP contribution in [0.3, 0.4) is 0 Å². The van der Waals surface area contributed by atoms with E-state index in [9.17, 15) is 40.5 Å². The number of aliphatic hydroxyl groups is 7. The van der Waals surface area contributed by atoms with Crippen molar-refractivity contribution >= 4 is 5.91 Å². The minimum absolute atomic E-state index is 0.217. The number of aliphatic hydroxyl groups excluding tert-OH is 7. The van der Waals surface area contributed by atoms with Gasteiger partial charge >= 0.3 is 0 Å². The van der Waals surface area contributed by atoms with Crippen molar-refractivity contribution in [3.05, 3.63) is 48.6 Å². The van der Waals surface area contributed by atoms with Crippen LogP contribution in [0.25, 0.3) is 0 Å². The summed E-state index contributed by atoms with van der Waals surface area (Å²) in [6.07, 6.45) is 31.6. The summed E-state index contributed by atoms with van der Waals surface area (Å²) >= 11 is 0. The van der Waals surface area contributed by atoms with Crippen LogP contribution < -0.4 is 5.32 Å². The molecule has 0 spiro atoms. The monoisotopic (exact) mass is 824 g/mol. The maximum Gasteiger partial charge on any atom is 0.249 e. The van der Waals surface area contributed by atoms with Crippen molar-refractivity contribution in [2.24, 2.45) is 0 Å². The molecule has 58 heavy (non-hydrogen) atoms. The maximum atomic E-state index is 13.0. The molecule has 1 rings (SSSR count). The van der Waals surface area contributed by atoms with Gasteiger partial charge in [0.2, 0.25) is 5.91 Å². The summed E-state index contributed by atoms with van der Waals surface area (Å²) < 4.78 is 11.0. The summed E-state index contributed by atoms with van der Waals surface area (Å²) in [6.45, 7) is 3.37. The molecule has 0 radical (unpaired) electrons. The zero-order valence-electron chi connectivity index (χ0n) is 36.3. The van der Waals surface area contributed by atoms with Gasteiger partial charge in [0.05, 0.1) is 25.4 Å². The molecule has 11 nitrogen and oxygen atoms in total. The first-order valence-electron chi connectivity index (χ1n) is 23.0. The molecule has 9 unspecified atom stereocenters. The standard InChI is InChI=1S/C47H85NO10/c1-3-5-7-9-11-13-15-17-18-19-20-21-22-23-25-26-28-30-32-34-39(50)42(52)38(37-57-47-45(55)44(54)43(53)41(36-49)58-47)48-46(56)40(51)35-33-31-29-27-24-16-14-12-10-8-6-4-2/h17-18,21-22,24,26-28,38-45,47,49-55H,3-16,19-20,23,25,29-37H2,1-2H3,(H,48,56)/b18-17+,22-21+,27-24-,28-26+. The number of carbonyl (C=O) groups is 1. The highest BCUT2D eigenvalue weighted by Crippen LogP contribution is 2.23. The van der Waals surface area contributed by atoms with Crippen LogP contribution >= 0.6 is 0 Å². The van der Waals surface area contributed by atoms with Gasteiger partial charge in [-0.2, -0.15) is 0 Å². The summed E-state index contributed by atoms with van der Waals surface area (Å²) in [7, 11) is 0. The number of allylic oxidation sites excluding steroid dienone is 8. The van der Waals surface area contributed by atoms with Gasteiger partial charge in [-0.1, -0.05) is 133 Å². The van der Waals surface area contributed by atoms with Crippen molar-refractivity contribution in [1.82, 2.24) is 5.32 Å². The molecule has 338 valence electrons. The van der Waals surface area contributed by atoms with Crippen molar-refractivity contribution in [3.63, 3.8) is 0 Å². The third kappa shape index (κ3) is 26.3. The minimum Gasteiger partial charge on any atom is -0.394 e. The molecular weight excluding hydrogens is 739 g/mol. The molecule has 1 heterocycles. The second-order valence-electron chi connectivity index (χ2n) is 16.1. The Balaban J connectivity index is 2.52. The Hall–Kier alpha value is -1.93. The third-order valence-electron chi connectivity index (χ3n) is 10.8. The molecule has 0 aromatic rings. The number of nitrogens with one attached hydrogen (secondary N) is 1. The van der Waals surface area contributed by atoms with Crippen molar-refractivity contribution < 1.29 is 50.0 Å². The Morgan fingerprint density at radius 2 is 1.03 bits per heavy atom. The van der Waals surface area contributed by atoms with Crippen LogP contribution in [-0.2, 0) is 14.3 Å². The van der Waals surface area contributed by atoms with Crippen molar-refractivity contribution in [3.8, 4) is 0 Å². The molecule has 1 aliphatic heterocycles. The smallest absolute Gasteiger partial charge is 0.249 e. The molecule has 0 aromatic heterocycles. The summed E-state index contributed by atoms with van der Waals surface area (Å²) in [6, 6.07) is -1.20. The summed E-state index contributed by atoms with van der Waals surface area (Å²) in [5.74, 6) is -0.732. The van der Waals surface area contributed by atoms with E-state index in [0.717, 1.165) is 44.9 Å². The highest BCUT2D eigenvalue weighted by atomic mass is 16.7.